The van der Waals surface area contributed by atoms with Gasteiger partial charge in [-0.05, 0) is 43.0 Å². The molecule has 1 unspecified atom stereocenters. The summed E-state index contributed by atoms with van der Waals surface area (Å²) in [6.07, 6.45) is 4.88. The number of allylic oxidation sites excluding steroid dienone is 1. The van der Waals surface area contributed by atoms with Crippen molar-refractivity contribution in [2.24, 2.45) is 5.92 Å². The van der Waals surface area contributed by atoms with Crippen LogP contribution in [-0.2, 0) is 16.0 Å². The number of nitrogens with zero attached hydrogens (tertiary/aromatic N) is 2. The zero-order valence-corrected chi connectivity index (χ0v) is 14.1. The van der Waals surface area contributed by atoms with Crippen molar-refractivity contribution in [1.29, 1.82) is 5.26 Å². The molecule has 25 heavy (non-hydrogen) atoms. The second-order valence-electron chi connectivity index (χ2n) is 7.06. The summed E-state index contributed by atoms with van der Waals surface area (Å²) in [5, 5.41) is 12.4. The van der Waals surface area contributed by atoms with Gasteiger partial charge in [0.05, 0.1) is 12.1 Å². The van der Waals surface area contributed by atoms with Gasteiger partial charge in [0, 0.05) is 24.5 Å². The van der Waals surface area contributed by atoms with E-state index in [1.165, 1.54) is 5.56 Å². The fourth-order valence-corrected chi connectivity index (χ4v) is 4.26. The normalized spacial score (nSPS) is 27.7. The van der Waals surface area contributed by atoms with Gasteiger partial charge in [-0.25, -0.2) is 0 Å². The highest BCUT2D eigenvalue weighted by Gasteiger charge is 2.43. The fraction of sp³-hybridized carbons (Fsp3) is 0.450. The maximum absolute atomic E-state index is 13.1. The molecule has 2 fully saturated rings. The standard InChI is InChI=1S/C20H21N3O2/c21-12-16-6-3-9-23(16)20(25)18-17(7-8-22-18)19(24)15-10-13-4-1-2-5-14(13)11-15/h1-2,4-5,10,16-18,22H,3,6-9,11H2/t16-,17?,18+/m0/s1. The number of hydrogen-bond acceptors (Lipinski definition) is 4. The first-order valence-corrected chi connectivity index (χ1v) is 8.95. The van der Waals surface area contributed by atoms with Crippen LogP contribution in [0.2, 0.25) is 0 Å². The lowest BCUT2D eigenvalue weighted by atomic mass is 9.89. The van der Waals surface area contributed by atoms with Crippen LogP contribution in [0.5, 0.6) is 0 Å². The average Bonchev–Trinajstić information content (AvgIpc) is 3.38. The molecule has 1 N–H and O–H groups in total. The largest absolute Gasteiger partial charge is 0.325 e. The summed E-state index contributed by atoms with van der Waals surface area (Å²) in [5.41, 5.74) is 3.07. The molecule has 2 aliphatic heterocycles. The first-order valence-electron chi connectivity index (χ1n) is 8.95. The second-order valence-corrected chi connectivity index (χ2v) is 7.06. The number of ketones is 1. The number of rotatable bonds is 3. The van der Waals surface area contributed by atoms with Crippen molar-refractivity contribution in [3.63, 3.8) is 0 Å². The molecule has 1 aromatic rings. The minimum atomic E-state index is -0.494. The van der Waals surface area contributed by atoms with Gasteiger partial charge in [0.25, 0.3) is 0 Å². The lowest BCUT2D eigenvalue weighted by Gasteiger charge is -2.26. The van der Waals surface area contributed by atoms with E-state index in [1.807, 2.05) is 30.3 Å². The molecule has 1 aliphatic carbocycles. The summed E-state index contributed by atoms with van der Waals surface area (Å²) in [7, 11) is 0. The SMILES string of the molecule is N#C[C@@H]1CCCN1C(=O)[C@@H]1NCCC1C(=O)C1=Cc2ccccc2C1. The number of amides is 1. The van der Waals surface area contributed by atoms with Gasteiger partial charge in [0.1, 0.15) is 6.04 Å². The Balaban J connectivity index is 1.51. The third-order valence-corrected chi connectivity index (χ3v) is 5.59. The molecular formula is C20H21N3O2. The van der Waals surface area contributed by atoms with E-state index in [2.05, 4.69) is 11.4 Å². The van der Waals surface area contributed by atoms with Crippen molar-refractivity contribution in [2.45, 2.75) is 37.8 Å². The molecule has 5 nitrogen and oxygen atoms in total. The molecule has 4 rings (SSSR count). The van der Waals surface area contributed by atoms with Crippen LogP contribution < -0.4 is 5.32 Å². The molecule has 5 heteroatoms. The summed E-state index contributed by atoms with van der Waals surface area (Å²) in [6.45, 7) is 1.28. The topological polar surface area (TPSA) is 73.2 Å². The minimum Gasteiger partial charge on any atom is -0.325 e. The Hall–Kier alpha value is -2.45. The van der Waals surface area contributed by atoms with E-state index in [4.69, 9.17) is 0 Å². The summed E-state index contributed by atoms with van der Waals surface area (Å²) < 4.78 is 0. The molecule has 0 radical (unpaired) electrons. The van der Waals surface area contributed by atoms with E-state index in [0.29, 0.717) is 25.9 Å². The van der Waals surface area contributed by atoms with E-state index < -0.39 is 6.04 Å². The number of nitrogens with one attached hydrogen (secondary N) is 1. The maximum atomic E-state index is 13.1. The fourth-order valence-electron chi connectivity index (χ4n) is 4.26. The summed E-state index contributed by atoms with van der Waals surface area (Å²) in [5.74, 6) is -0.337. The van der Waals surface area contributed by atoms with Crippen molar-refractivity contribution in [2.75, 3.05) is 13.1 Å². The van der Waals surface area contributed by atoms with Gasteiger partial charge >= 0.3 is 0 Å². The molecule has 1 aromatic carbocycles. The smallest absolute Gasteiger partial charge is 0.241 e. The molecule has 128 valence electrons. The number of fused-ring (bicyclic) bond motifs is 1. The molecular weight excluding hydrogens is 314 g/mol. The highest BCUT2D eigenvalue weighted by molar-refractivity contribution is 6.06. The first-order chi connectivity index (χ1) is 12.2. The predicted octanol–water partition coefficient (Wildman–Crippen LogP) is 1.69. The molecule has 3 aliphatic rings. The quantitative estimate of drug-likeness (QED) is 0.912. The van der Waals surface area contributed by atoms with Crippen LogP contribution in [0.15, 0.2) is 29.8 Å². The van der Waals surface area contributed by atoms with Gasteiger partial charge in [-0.1, -0.05) is 24.3 Å². The summed E-state index contributed by atoms with van der Waals surface area (Å²) in [6, 6.07) is 9.39. The minimum absolute atomic E-state index is 0.0762. The third kappa shape index (κ3) is 2.77. The number of benzene rings is 1. The number of nitriles is 1. The highest BCUT2D eigenvalue weighted by Crippen LogP contribution is 2.31. The van der Waals surface area contributed by atoms with Gasteiger partial charge in [-0.15, -0.1) is 0 Å². The molecule has 0 spiro atoms. The van der Waals surface area contributed by atoms with Crippen molar-refractivity contribution in [1.82, 2.24) is 10.2 Å². The first kappa shape index (κ1) is 16.0. The van der Waals surface area contributed by atoms with Crippen molar-refractivity contribution in [3.8, 4) is 6.07 Å². The van der Waals surface area contributed by atoms with Gasteiger partial charge in [0.2, 0.25) is 5.91 Å². The van der Waals surface area contributed by atoms with Gasteiger partial charge in [-0.2, -0.15) is 5.26 Å². The van der Waals surface area contributed by atoms with Crippen LogP contribution in [0.25, 0.3) is 6.08 Å². The molecule has 0 saturated carbocycles. The van der Waals surface area contributed by atoms with E-state index in [1.54, 1.807) is 4.90 Å². The Morgan fingerprint density at radius 2 is 2.08 bits per heavy atom. The maximum Gasteiger partial charge on any atom is 0.241 e. The third-order valence-electron chi connectivity index (χ3n) is 5.59. The molecule has 2 saturated heterocycles. The monoisotopic (exact) mass is 335 g/mol. The summed E-state index contributed by atoms with van der Waals surface area (Å²) in [4.78, 5) is 27.6. The predicted molar refractivity (Wildman–Crippen MR) is 93.4 cm³/mol. The number of carbonyl (C=O) groups is 2. The van der Waals surface area contributed by atoms with Gasteiger partial charge in [0.15, 0.2) is 5.78 Å². The van der Waals surface area contributed by atoms with E-state index in [0.717, 1.165) is 24.0 Å². The van der Waals surface area contributed by atoms with Crippen molar-refractivity contribution >= 4 is 17.8 Å². The number of hydrogen-bond donors (Lipinski definition) is 1. The molecule has 0 aromatic heterocycles. The van der Waals surface area contributed by atoms with Crippen LogP contribution >= 0.6 is 0 Å². The lowest BCUT2D eigenvalue weighted by Crippen LogP contribution is -2.49. The Bertz CT molecular complexity index is 792. The van der Waals surface area contributed by atoms with Crippen LogP contribution in [0.3, 0.4) is 0 Å². The summed E-state index contributed by atoms with van der Waals surface area (Å²) >= 11 is 0. The zero-order chi connectivity index (χ0) is 17.4. The van der Waals surface area contributed by atoms with Crippen LogP contribution in [0.4, 0.5) is 0 Å². The van der Waals surface area contributed by atoms with Crippen LogP contribution in [-0.4, -0.2) is 41.8 Å². The number of likely N-dealkylation sites (tertiary alicyclic amines) is 1. The van der Waals surface area contributed by atoms with Crippen LogP contribution in [0.1, 0.15) is 30.4 Å². The van der Waals surface area contributed by atoms with Gasteiger partial charge in [-0.3, -0.25) is 9.59 Å². The van der Waals surface area contributed by atoms with E-state index in [9.17, 15) is 14.9 Å². The highest BCUT2D eigenvalue weighted by atomic mass is 16.2. The Morgan fingerprint density at radius 1 is 1.24 bits per heavy atom. The van der Waals surface area contributed by atoms with E-state index in [-0.39, 0.29) is 23.7 Å². The van der Waals surface area contributed by atoms with Crippen molar-refractivity contribution in [3.05, 3.63) is 41.0 Å². The number of Topliss-reactive ketones (excluding diaryl/α,β-unsaturated/α-hetero) is 1. The second kappa shape index (κ2) is 6.45. The van der Waals surface area contributed by atoms with Gasteiger partial charge < -0.3 is 10.2 Å². The Morgan fingerprint density at radius 3 is 2.88 bits per heavy atom. The molecule has 1 amide bonds. The van der Waals surface area contributed by atoms with Crippen LogP contribution in [0, 0.1) is 17.2 Å². The average molecular weight is 335 g/mol. The molecule has 2 heterocycles. The van der Waals surface area contributed by atoms with E-state index >= 15 is 0 Å². The Labute approximate surface area is 147 Å². The molecule has 3 atom stereocenters. The molecule has 0 bridgehead atoms. The number of carbonyl (C=O) groups excluding carboxylic acids is 2. The Kier molecular flexibility index (Phi) is 4.14. The lowest BCUT2D eigenvalue weighted by molar-refractivity contribution is -0.136. The van der Waals surface area contributed by atoms with Crippen molar-refractivity contribution < 1.29 is 9.59 Å². The zero-order valence-electron chi connectivity index (χ0n) is 14.1.